The number of allylic oxidation sites excluding steroid dienone is 2. The molecule has 6 heteroatoms. The van der Waals surface area contributed by atoms with Crippen LogP contribution in [0.5, 0.6) is 0 Å². The third-order valence-electron chi connectivity index (χ3n) is 5.76. The number of hydrogen-bond donors (Lipinski definition) is 1. The molecule has 0 spiro atoms. The number of rotatable bonds is 3. The Bertz CT molecular complexity index is 938. The van der Waals surface area contributed by atoms with Gasteiger partial charge in [0, 0.05) is 11.8 Å². The number of aromatic nitrogens is 1. The van der Waals surface area contributed by atoms with Gasteiger partial charge >= 0.3 is 0 Å². The van der Waals surface area contributed by atoms with E-state index in [-0.39, 0.29) is 41.4 Å². The molecule has 134 valence electrons. The van der Waals surface area contributed by atoms with Crippen LogP contribution in [0.4, 0.5) is 11.5 Å². The second-order valence-electron chi connectivity index (χ2n) is 7.23. The van der Waals surface area contributed by atoms with Gasteiger partial charge in [-0.1, -0.05) is 18.2 Å². The Balaban J connectivity index is 1.36. The summed E-state index contributed by atoms with van der Waals surface area (Å²) in [7, 11) is 0. The summed E-state index contributed by atoms with van der Waals surface area (Å²) >= 11 is 0. The quantitative estimate of drug-likeness (QED) is 0.675. The van der Waals surface area contributed by atoms with E-state index >= 15 is 0 Å². The number of hydrogen-bond acceptors (Lipinski definition) is 4. The molecule has 2 aromatic rings. The molecule has 6 nitrogen and oxygen atoms in total. The number of carbonyl (C=O) groups excluding carboxylic acids is 3. The van der Waals surface area contributed by atoms with Crippen molar-refractivity contribution < 1.29 is 14.4 Å². The Hall–Kier alpha value is -3.28. The van der Waals surface area contributed by atoms with Crippen molar-refractivity contribution >= 4 is 29.2 Å². The molecule has 1 N–H and O–H groups in total. The summed E-state index contributed by atoms with van der Waals surface area (Å²) < 4.78 is 0. The molecule has 1 aromatic heterocycles. The fourth-order valence-electron chi connectivity index (χ4n) is 4.54. The van der Waals surface area contributed by atoms with Gasteiger partial charge in [-0.2, -0.15) is 0 Å². The van der Waals surface area contributed by atoms with Gasteiger partial charge in [0.15, 0.2) is 0 Å². The Morgan fingerprint density at radius 3 is 2.22 bits per heavy atom. The maximum Gasteiger partial charge on any atom is 0.256 e. The van der Waals surface area contributed by atoms with Crippen LogP contribution in [0.1, 0.15) is 16.8 Å². The van der Waals surface area contributed by atoms with Crippen LogP contribution in [0.15, 0.2) is 60.8 Å². The number of amides is 3. The van der Waals surface area contributed by atoms with Gasteiger partial charge in [-0.3, -0.25) is 19.3 Å². The molecule has 1 aromatic carbocycles. The molecule has 5 rings (SSSR count). The molecule has 2 bridgehead atoms. The molecule has 4 atom stereocenters. The van der Waals surface area contributed by atoms with Crippen LogP contribution >= 0.6 is 0 Å². The highest BCUT2D eigenvalue weighted by atomic mass is 16.2. The zero-order valence-electron chi connectivity index (χ0n) is 14.4. The molecule has 2 fully saturated rings. The van der Waals surface area contributed by atoms with Gasteiger partial charge in [-0.05, 0) is 54.7 Å². The summed E-state index contributed by atoms with van der Waals surface area (Å²) in [5, 5.41) is 2.71. The highest BCUT2D eigenvalue weighted by Gasteiger charge is 2.59. The normalized spacial score (nSPS) is 27.9. The number of benzene rings is 1. The second kappa shape index (κ2) is 5.87. The van der Waals surface area contributed by atoms with Crippen molar-refractivity contribution in [2.45, 2.75) is 6.42 Å². The molecule has 1 saturated heterocycles. The monoisotopic (exact) mass is 359 g/mol. The number of pyridine rings is 1. The van der Waals surface area contributed by atoms with Crippen LogP contribution in [-0.2, 0) is 9.59 Å². The number of nitrogens with zero attached hydrogens (tertiary/aromatic N) is 2. The lowest BCUT2D eigenvalue weighted by Crippen LogP contribution is -2.32. The number of anilines is 2. The van der Waals surface area contributed by atoms with Gasteiger partial charge < -0.3 is 5.32 Å². The van der Waals surface area contributed by atoms with Crippen molar-refractivity contribution in [2.75, 3.05) is 10.2 Å². The van der Waals surface area contributed by atoms with Crippen molar-refractivity contribution in [3.05, 3.63) is 66.4 Å². The van der Waals surface area contributed by atoms with Crippen molar-refractivity contribution in [1.29, 1.82) is 0 Å². The average Bonchev–Trinajstić information content (AvgIpc) is 3.37. The minimum absolute atomic E-state index is 0.118. The van der Waals surface area contributed by atoms with Gasteiger partial charge in [0.2, 0.25) is 11.8 Å². The minimum Gasteiger partial charge on any atom is -0.307 e. The lowest BCUT2D eigenvalue weighted by Gasteiger charge is -2.17. The van der Waals surface area contributed by atoms with Gasteiger partial charge in [0.25, 0.3) is 5.91 Å². The molecule has 2 heterocycles. The van der Waals surface area contributed by atoms with Crippen molar-refractivity contribution in [1.82, 2.24) is 4.98 Å². The highest BCUT2D eigenvalue weighted by Crippen LogP contribution is 2.53. The zero-order chi connectivity index (χ0) is 18.5. The summed E-state index contributed by atoms with van der Waals surface area (Å²) in [5.74, 6) is -0.139. The summed E-state index contributed by atoms with van der Waals surface area (Å²) in [5.41, 5.74) is 0.957. The number of nitrogens with one attached hydrogen (secondary N) is 1. The fourth-order valence-corrected chi connectivity index (χ4v) is 4.54. The lowest BCUT2D eigenvalue weighted by atomic mass is 9.85. The predicted octanol–water partition coefficient (Wildman–Crippen LogP) is 2.65. The molecule has 4 unspecified atom stereocenters. The topological polar surface area (TPSA) is 79.4 Å². The highest BCUT2D eigenvalue weighted by molar-refractivity contribution is 6.23. The van der Waals surface area contributed by atoms with E-state index < -0.39 is 0 Å². The predicted molar refractivity (Wildman–Crippen MR) is 98.8 cm³/mol. The molecular formula is C21H17N3O3. The lowest BCUT2D eigenvalue weighted by molar-refractivity contribution is -0.123. The van der Waals surface area contributed by atoms with Crippen LogP contribution in [0.2, 0.25) is 0 Å². The van der Waals surface area contributed by atoms with Crippen molar-refractivity contribution in [2.24, 2.45) is 23.7 Å². The first kappa shape index (κ1) is 15.9. The maximum atomic E-state index is 12.8. The Labute approximate surface area is 155 Å². The first-order valence-electron chi connectivity index (χ1n) is 9.02. The van der Waals surface area contributed by atoms with E-state index in [2.05, 4.69) is 22.5 Å². The van der Waals surface area contributed by atoms with Crippen LogP contribution in [-0.4, -0.2) is 22.7 Å². The standard InChI is InChI=1S/C21H17N3O3/c25-19(23-16-3-1-2-10-22-16)12-6-8-15(9-7-12)24-20(26)17-13-4-5-14(11-13)18(17)21(24)27/h1-10,13-14,17-18H,11H2,(H,22,23,25). The van der Waals surface area contributed by atoms with E-state index in [0.717, 1.165) is 6.42 Å². The molecule has 3 aliphatic rings. The molecular weight excluding hydrogens is 342 g/mol. The van der Waals surface area contributed by atoms with Crippen LogP contribution < -0.4 is 10.2 Å². The van der Waals surface area contributed by atoms with E-state index in [9.17, 15) is 14.4 Å². The molecule has 27 heavy (non-hydrogen) atoms. The fraction of sp³-hybridized carbons (Fsp3) is 0.238. The van der Waals surface area contributed by atoms with E-state index in [4.69, 9.17) is 0 Å². The number of fused-ring (bicyclic) bond motifs is 5. The molecule has 0 radical (unpaired) electrons. The Kier molecular flexibility index (Phi) is 3.47. The second-order valence-corrected chi connectivity index (χ2v) is 7.23. The number of imide groups is 1. The van der Waals surface area contributed by atoms with Crippen molar-refractivity contribution in [3.63, 3.8) is 0 Å². The van der Waals surface area contributed by atoms with E-state index in [1.54, 1.807) is 48.7 Å². The van der Waals surface area contributed by atoms with Gasteiger partial charge in [-0.15, -0.1) is 0 Å². The average molecular weight is 359 g/mol. The summed E-state index contributed by atoms with van der Waals surface area (Å²) in [6, 6.07) is 11.8. The number of carbonyl (C=O) groups is 3. The third-order valence-corrected chi connectivity index (χ3v) is 5.76. The van der Waals surface area contributed by atoms with E-state index in [0.29, 0.717) is 17.1 Å². The minimum atomic E-state index is -0.293. The smallest absolute Gasteiger partial charge is 0.256 e. The van der Waals surface area contributed by atoms with Crippen LogP contribution in [0, 0.1) is 23.7 Å². The van der Waals surface area contributed by atoms with Crippen LogP contribution in [0.25, 0.3) is 0 Å². The van der Waals surface area contributed by atoms with Gasteiger partial charge in [-0.25, -0.2) is 4.98 Å². The summed E-state index contributed by atoms with van der Waals surface area (Å²) in [6.07, 6.45) is 6.66. The van der Waals surface area contributed by atoms with Gasteiger partial charge in [0.05, 0.1) is 17.5 Å². The van der Waals surface area contributed by atoms with Crippen molar-refractivity contribution in [3.8, 4) is 0 Å². The van der Waals surface area contributed by atoms with Crippen LogP contribution in [0.3, 0.4) is 0 Å². The first-order chi connectivity index (χ1) is 13.1. The van der Waals surface area contributed by atoms with E-state index in [1.807, 2.05) is 0 Å². The Morgan fingerprint density at radius 1 is 0.963 bits per heavy atom. The maximum absolute atomic E-state index is 12.8. The molecule has 1 aliphatic heterocycles. The first-order valence-corrected chi connectivity index (χ1v) is 9.02. The Morgan fingerprint density at radius 2 is 1.63 bits per heavy atom. The summed E-state index contributed by atoms with van der Waals surface area (Å²) in [4.78, 5) is 43.3. The summed E-state index contributed by atoms with van der Waals surface area (Å²) in [6.45, 7) is 0. The largest absolute Gasteiger partial charge is 0.307 e. The SMILES string of the molecule is O=C(Nc1ccccn1)c1ccc(N2C(=O)C3C4C=CC(C4)C3C2=O)cc1. The molecule has 2 aliphatic carbocycles. The van der Waals surface area contributed by atoms with E-state index in [1.165, 1.54) is 4.90 Å². The third kappa shape index (κ3) is 2.40. The molecule has 1 saturated carbocycles. The molecule has 3 amide bonds. The van der Waals surface area contributed by atoms with Gasteiger partial charge in [0.1, 0.15) is 5.82 Å². The zero-order valence-corrected chi connectivity index (χ0v) is 14.4.